The van der Waals surface area contributed by atoms with Crippen molar-refractivity contribution in [1.29, 1.82) is 0 Å². The molecule has 6 heteroatoms. The molecular formula is C12H19N3O2S. The van der Waals surface area contributed by atoms with Crippen molar-refractivity contribution in [2.24, 2.45) is 5.73 Å². The van der Waals surface area contributed by atoms with Gasteiger partial charge < -0.3 is 10.6 Å². The van der Waals surface area contributed by atoms with Crippen LogP contribution in [0.15, 0.2) is 18.3 Å². The summed E-state index contributed by atoms with van der Waals surface area (Å²) in [7, 11) is -2.88. The van der Waals surface area contributed by atoms with Gasteiger partial charge in [0.15, 0.2) is 9.84 Å². The molecule has 0 aliphatic carbocycles. The van der Waals surface area contributed by atoms with E-state index in [0.717, 1.165) is 11.4 Å². The second-order valence-corrected chi connectivity index (χ2v) is 7.12. The van der Waals surface area contributed by atoms with E-state index >= 15 is 0 Å². The first-order valence-electron chi connectivity index (χ1n) is 6.07. The monoisotopic (exact) mass is 269 g/mol. The zero-order valence-electron chi connectivity index (χ0n) is 10.7. The van der Waals surface area contributed by atoms with E-state index in [1.54, 1.807) is 6.20 Å². The van der Waals surface area contributed by atoms with E-state index in [0.29, 0.717) is 6.54 Å². The smallest absolute Gasteiger partial charge is 0.154 e. The average Bonchev–Trinajstić information content (AvgIpc) is 2.28. The van der Waals surface area contributed by atoms with Gasteiger partial charge >= 0.3 is 0 Å². The Kier molecular flexibility index (Phi) is 3.59. The molecule has 100 valence electrons. The zero-order chi connectivity index (χ0) is 13.3. The fourth-order valence-corrected chi connectivity index (χ4v) is 3.73. The Hall–Kier alpha value is -1.14. The van der Waals surface area contributed by atoms with Crippen molar-refractivity contribution in [2.75, 3.05) is 23.0 Å². The molecule has 2 heterocycles. The molecule has 1 aliphatic rings. The molecule has 2 atom stereocenters. The summed E-state index contributed by atoms with van der Waals surface area (Å²) >= 11 is 0. The second-order valence-electron chi connectivity index (χ2n) is 4.90. The van der Waals surface area contributed by atoms with Crippen molar-refractivity contribution in [2.45, 2.75) is 25.9 Å². The molecule has 1 saturated heterocycles. The summed E-state index contributed by atoms with van der Waals surface area (Å²) in [5.74, 6) is 1.22. The molecule has 18 heavy (non-hydrogen) atoms. The molecule has 0 amide bonds. The van der Waals surface area contributed by atoms with E-state index < -0.39 is 9.84 Å². The summed E-state index contributed by atoms with van der Waals surface area (Å²) in [6.07, 6.45) is 1.76. The fourth-order valence-electron chi connectivity index (χ4n) is 2.18. The second kappa shape index (κ2) is 4.85. The molecule has 5 nitrogen and oxygen atoms in total. The normalized spacial score (nSPS) is 24.8. The maximum Gasteiger partial charge on any atom is 0.154 e. The van der Waals surface area contributed by atoms with Gasteiger partial charge in [-0.3, -0.25) is 0 Å². The summed E-state index contributed by atoms with van der Waals surface area (Å²) in [5.41, 5.74) is 6.75. The van der Waals surface area contributed by atoms with Gasteiger partial charge in [0, 0.05) is 24.8 Å². The number of anilines is 1. The van der Waals surface area contributed by atoms with Gasteiger partial charge in [-0.25, -0.2) is 13.4 Å². The number of nitrogens with zero attached hydrogens (tertiary/aromatic N) is 2. The number of rotatable bonds is 2. The predicted molar refractivity (Wildman–Crippen MR) is 72.3 cm³/mol. The lowest BCUT2D eigenvalue weighted by molar-refractivity contribution is 0.567. The van der Waals surface area contributed by atoms with Gasteiger partial charge in [0.2, 0.25) is 0 Å². The molecule has 0 saturated carbocycles. The summed E-state index contributed by atoms with van der Waals surface area (Å²) in [6.45, 7) is 4.33. The Bertz CT molecular complexity index is 511. The largest absolute Gasteiger partial charge is 0.352 e. The van der Waals surface area contributed by atoms with Gasteiger partial charge in [0.05, 0.1) is 11.5 Å². The molecule has 0 bridgehead atoms. The van der Waals surface area contributed by atoms with E-state index in [2.05, 4.69) is 4.98 Å². The molecule has 1 aromatic rings. The lowest BCUT2D eigenvalue weighted by atomic mass is 10.1. The highest BCUT2D eigenvalue weighted by molar-refractivity contribution is 7.91. The molecule has 2 rings (SSSR count). The van der Waals surface area contributed by atoms with Crippen molar-refractivity contribution in [1.82, 2.24) is 4.98 Å². The maximum atomic E-state index is 11.5. The van der Waals surface area contributed by atoms with Crippen LogP contribution in [0.5, 0.6) is 0 Å². The van der Waals surface area contributed by atoms with Crippen LogP contribution >= 0.6 is 0 Å². The fraction of sp³-hybridized carbons (Fsp3) is 0.583. The summed E-state index contributed by atoms with van der Waals surface area (Å²) in [5, 5.41) is 0. The molecule has 2 N–H and O–H groups in total. The highest BCUT2D eigenvalue weighted by atomic mass is 32.2. The summed E-state index contributed by atoms with van der Waals surface area (Å²) in [4.78, 5) is 6.41. The third kappa shape index (κ3) is 2.81. The van der Waals surface area contributed by atoms with E-state index in [4.69, 9.17) is 5.73 Å². The third-order valence-electron chi connectivity index (χ3n) is 3.26. The Balaban J connectivity index is 2.17. The Morgan fingerprint density at radius 1 is 1.50 bits per heavy atom. The lowest BCUT2D eigenvalue weighted by Gasteiger charge is -2.34. The Morgan fingerprint density at radius 2 is 2.22 bits per heavy atom. The van der Waals surface area contributed by atoms with Gasteiger partial charge in [0.25, 0.3) is 0 Å². The molecule has 0 spiro atoms. The molecule has 0 radical (unpaired) electrons. The van der Waals surface area contributed by atoms with Crippen LogP contribution in [0.1, 0.15) is 25.5 Å². The van der Waals surface area contributed by atoms with Crippen LogP contribution < -0.4 is 10.6 Å². The van der Waals surface area contributed by atoms with Crippen LogP contribution in [-0.4, -0.2) is 37.5 Å². The number of sulfone groups is 1. The SMILES string of the molecule is CC(N)c1ccc(N2CCS(=O)(=O)CC2C)nc1. The number of pyridine rings is 1. The van der Waals surface area contributed by atoms with E-state index in [1.807, 2.05) is 30.9 Å². The van der Waals surface area contributed by atoms with Crippen LogP contribution in [0.2, 0.25) is 0 Å². The lowest BCUT2D eigenvalue weighted by Crippen LogP contribution is -2.47. The van der Waals surface area contributed by atoms with E-state index in [-0.39, 0.29) is 23.6 Å². The minimum Gasteiger partial charge on any atom is -0.352 e. The third-order valence-corrected chi connectivity index (χ3v) is 5.06. The first-order valence-corrected chi connectivity index (χ1v) is 7.90. The number of nitrogens with two attached hydrogens (primary N) is 1. The number of hydrogen-bond acceptors (Lipinski definition) is 5. The first-order chi connectivity index (χ1) is 8.39. The van der Waals surface area contributed by atoms with Crippen LogP contribution in [0.25, 0.3) is 0 Å². The standard InChI is InChI=1S/C12H19N3O2S/c1-9-8-18(16,17)6-5-15(9)12-4-3-11(7-14-12)10(2)13/h3-4,7,9-10H,5-6,8,13H2,1-2H3. The van der Waals surface area contributed by atoms with Gasteiger partial charge in [-0.1, -0.05) is 6.07 Å². The summed E-state index contributed by atoms with van der Waals surface area (Å²) in [6, 6.07) is 3.79. The van der Waals surface area contributed by atoms with Gasteiger partial charge in [-0.05, 0) is 25.5 Å². The molecule has 1 aromatic heterocycles. The minimum atomic E-state index is -2.88. The van der Waals surface area contributed by atoms with Crippen molar-refractivity contribution in [3.8, 4) is 0 Å². The molecule has 2 unspecified atom stereocenters. The Morgan fingerprint density at radius 3 is 2.72 bits per heavy atom. The predicted octanol–water partition coefficient (Wildman–Crippen LogP) is 0.725. The molecular weight excluding hydrogens is 250 g/mol. The van der Waals surface area contributed by atoms with Crippen molar-refractivity contribution in [3.63, 3.8) is 0 Å². The van der Waals surface area contributed by atoms with Crippen LogP contribution in [-0.2, 0) is 9.84 Å². The maximum absolute atomic E-state index is 11.5. The van der Waals surface area contributed by atoms with E-state index in [1.165, 1.54) is 0 Å². The van der Waals surface area contributed by atoms with Crippen LogP contribution in [0.4, 0.5) is 5.82 Å². The minimum absolute atomic E-state index is 0.0302. The first kappa shape index (κ1) is 13.3. The van der Waals surface area contributed by atoms with Crippen LogP contribution in [0, 0.1) is 0 Å². The number of aromatic nitrogens is 1. The molecule has 1 fully saturated rings. The number of hydrogen-bond donors (Lipinski definition) is 1. The highest BCUT2D eigenvalue weighted by Gasteiger charge is 2.28. The quantitative estimate of drug-likeness (QED) is 0.856. The van der Waals surface area contributed by atoms with Crippen LogP contribution in [0.3, 0.4) is 0 Å². The Labute approximate surface area is 108 Å². The van der Waals surface area contributed by atoms with Crippen molar-refractivity contribution in [3.05, 3.63) is 23.9 Å². The van der Waals surface area contributed by atoms with Crippen molar-refractivity contribution < 1.29 is 8.42 Å². The molecule has 0 aromatic carbocycles. The van der Waals surface area contributed by atoms with Gasteiger partial charge in [-0.15, -0.1) is 0 Å². The summed E-state index contributed by atoms with van der Waals surface area (Å²) < 4.78 is 23.0. The highest BCUT2D eigenvalue weighted by Crippen LogP contribution is 2.20. The van der Waals surface area contributed by atoms with Crippen molar-refractivity contribution >= 4 is 15.7 Å². The van der Waals surface area contributed by atoms with Gasteiger partial charge in [-0.2, -0.15) is 0 Å². The molecule has 1 aliphatic heterocycles. The van der Waals surface area contributed by atoms with E-state index in [9.17, 15) is 8.42 Å². The van der Waals surface area contributed by atoms with Gasteiger partial charge in [0.1, 0.15) is 5.82 Å². The zero-order valence-corrected chi connectivity index (χ0v) is 11.5. The average molecular weight is 269 g/mol. The topological polar surface area (TPSA) is 76.3 Å².